The number of aromatic nitrogens is 2. The van der Waals surface area contributed by atoms with Crippen LogP contribution in [0.5, 0.6) is 0 Å². The minimum absolute atomic E-state index is 0.149. The van der Waals surface area contributed by atoms with E-state index >= 15 is 0 Å². The summed E-state index contributed by atoms with van der Waals surface area (Å²) < 4.78 is 0. The molecule has 0 aliphatic heterocycles. The van der Waals surface area contributed by atoms with E-state index in [9.17, 15) is 9.90 Å². The highest BCUT2D eigenvalue weighted by atomic mass is 32.2. The van der Waals surface area contributed by atoms with Gasteiger partial charge in [-0.3, -0.25) is 4.79 Å². The standard InChI is InChI=1S/C10H16N2O3S/c1-6(2)10-11-8(15)3-9(12-10)16-5-7(14)4-13/h3,6-7,13-14H,4-5H2,1-2H3,(H,11,12,15). The topological polar surface area (TPSA) is 86.2 Å². The third-order valence-corrected chi connectivity index (χ3v) is 2.97. The Hall–Kier alpha value is -0.850. The van der Waals surface area contributed by atoms with Crippen LogP contribution in [0.15, 0.2) is 15.9 Å². The number of nitrogens with zero attached hydrogens (tertiary/aromatic N) is 1. The van der Waals surface area contributed by atoms with E-state index in [4.69, 9.17) is 5.11 Å². The molecule has 1 rings (SSSR count). The molecule has 0 radical (unpaired) electrons. The van der Waals surface area contributed by atoms with Crippen molar-refractivity contribution in [2.75, 3.05) is 12.4 Å². The Morgan fingerprint density at radius 2 is 2.25 bits per heavy atom. The molecule has 16 heavy (non-hydrogen) atoms. The van der Waals surface area contributed by atoms with Crippen LogP contribution in [0.25, 0.3) is 0 Å². The van der Waals surface area contributed by atoms with Gasteiger partial charge in [0, 0.05) is 17.7 Å². The molecule has 90 valence electrons. The van der Waals surface area contributed by atoms with Gasteiger partial charge in [0.2, 0.25) is 0 Å². The van der Waals surface area contributed by atoms with Gasteiger partial charge in [0.15, 0.2) is 0 Å². The van der Waals surface area contributed by atoms with Crippen molar-refractivity contribution >= 4 is 11.8 Å². The summed E-state index contributed by atoms with van der Waals surface area (Å²) in [6.45, 7) is 3.60. The molecular formula is C10H16N2O3S. The van der Waals surface area contributed by atoms with Crippen molar-refractivity contribution in [1.82, 2.24) is 9.97 Å². The average molecular weight is 244 g/mol. The lowest BCUT2D eigenvalue weighted by molar-refractivity contribution is 0.113. The molecule has 3 N–H and O–H groups in total. The Balaban J connectivity index is 2.77. The molecule has 6 heteroatoms. The molecule has 1 atom stereocenters. The molecule has 0 spiro atoms. The number of aliphatic hydroxyl groups excluding tert-OH is 2. The maximum Gasteiger partial charge on any atom is 0.251 e. The molecule has 1 aromatic rings. The number of hydrogen-bond acceptors (Lipinski definition) is 5. The number of thioether (sulfide) groups is 1. The summed E-state index contributed by atoms with van der Waals surface area (Å²) >= 11 is 1.26. The summed E-state index contributed by atoms with van der Waals surface area (Å²) in [7, 11) is 0. The van der Waals surface area contributed by atoms with Crippen LogP contribution in [-0.4, -0.2) is 38.6 Å². The van der Waals surface area contributed by atoms with E-state index in [1.807, 2.05) is 13.8 Å². The number of nitrogens with one attached hydrogen (secondary N) is 1. The first-order valence-electron chi connectivity index (χ1n) is 5.06. The van der Waals surface area contributed by atoms with Gasteiger partial charge in [0.1, 0.15) is 10.9 Å². The van der Waals surface area contributed by atoms with Crippen LogP contribution in [0, 0.1) is 0 Å². The number of H-pyrrole nitrogens is 1. The first kappa shape index (κ1) is 13.2. The van der Waals surface area contributed by atoms with Crippen LogP contribution in [0.4, 0.5) is 0 Å². The van der Waals surface area contributed by atoms with Gasteiger partial charge in [-0.05, 0) is 0 Å². The Kier molecular flexibility index (Phi) is 4.98. The van der Waals surface area contributed by atoms with Crippen LogP contribution in [0.3, 0.4) is 0 Å². The van der Waals surface area contributed by atoms with Crippen molar-refractivity contribution < 1.29 is 10.2 Å². The van der Waals surface area contributed by atoms with Crippen LogP contribution in [0.1, 0.15) is 25.6 Å². The number of rotatable bonds is 5. The smallest absolute Gasteiger partial charge is 0.251 e. The lowest BCUT2D eigenvalue weighted by atomic mass is 10.2. The Bertz CT molecular complexity index is 392. The van der Waals surface area contributed by atoms with Gasteiger partial charge >= 0.3 is 0 Å². The second kappa shape index (κ2) is 6.03. The van der Waals surface area contributed by atoms with Crippen molar-refractivity contribution in [3.05, 3.63) is 22.2 Å². The largest absolute Gasteiger partial charge is 0.394 e. The lowest BCUT2D eigenvalue weighted by Crippen LogP contribution is -2.16. The third-order valence-electron chi connectivity index (χ3n) is 1.92. The zero-order valence-electron chi connectivity index (χ0n) is 9.30. The zero-order chi connectivity index (χ0) is 12.1. The Morgan fingerprint density at radius 1 is 1.56 bits per heavy atom. The first-order chi connectivity index (χ1) is 7.52. The van der Waals surface area contributed by atoms with Crippen LogP contribution < -0.4 is 5.56 Å². The SMILES string of the molecule is CC(C)c1nc(SCC(O)CO)cc(=O)[nH]1. The molecule has 5 nitrogen and oxygen atoms in total. The molecule has 0 saturated carbocycles. The quantitative estimate of drug-likeness (QED) is 0.513. The normalized spacial score (nSPS) is 13.1. The van der Waals surface area contributed by atoms with Gasteiger partial charge in [0.05, 0.1) is 12.7 Å². The van der Waals surface area contributed by atoms with Crippen molar-refractivity contribution in [2.24, 2.45) is 0 Å². The van der Waals surface area contributed by atoms with Crippen LogP contribution in [0.2, 0.25) is 0 Å². The highest BCUT2D eigenvalue weighted by Gasteiger charge is 2.08. The van der Waals surface area contributed by atoms with Gasteiger partial charge in [-0.25, -0.2) is 4.98 Å². The number of hydrogen-bond donors (Lipinski definition) is 3. The summed E-state index contributed by atoms with van der Waals surface area (Å²) in [5.41, 5.74) is -0.195. The second-order valence-corrected chi connectivity index (χ2v) is 4.81. The Labute approximate surface area is 97.9 Å². The van der Waals surface area contributed by atoms with Crippen LogP contribution >= 0.6 is 11.8 Å². The van der Waals surface area contributed by atoms with Crippen molar-refractivity contribution in [3.8, 4) is 0 Å². The fourth-order valence-corrected chi connectivity index (χ4v) is 1.86. The molecule has 1 heterocycles. The predicted octanol–water partition coefficient (Wildman–Crippen LogP) is 0.339. The molecule has 0 aromatic carbocycles. The molecule has 0 fully saturated rings. The van der Waals surface area contributed by atoms with Crippen molar-refractivity contribution in [2.45, 2.75) is 30.9 Å². The van der Waals surface area contributed by atoms with Gasteiger partial charge in [-0.1, -0.05) is 13.8 Å². The van der Waals surface area contributed by atoms with Gasteiger partial charge < -0.3 is 15.2 Å². The molecule has 0 amide bonds. The van der Waals surface area contributed by atoms with E-state index in [-0.39, 0.29) is 18.1 Å². The summed E-state index contributed by atoms with van der Waals surface area (Å²) in [4.78, 5) is 18.2. The van der Waals surface area contributed by atoms with Gasteiger partial charge in [-0.2, -0.15) is 0 Å². The fraction of sp³-hybridized carbons (Fsp3) is 0.600. The van der Waals surface area contributed by atoms with E-state index in [0.29, 0.717) is 16.6 Å². The molecule has 1 aromatic heterocycles. The van der Waals surface area contributed by atoms with E-state index in [1.165, 1.54) is 17.8 Å². The highest BCUT2D eigenvalue weighted by Crippen LogP contribution is 2.16. The third kappa shape index (κ3) is 3.96. The second-order valence-electron chi connectivity index (χ2n) is 3.77. The first-order valence-corrected chi connectivity index (χ1v) is 6.04. The van der Waals surface area contributed by atoms with Gasteiger partial charge in [0.25, 0.3) is 5.56 Å². The van der Waals surface area contributed by atoms with E-state index < -0.39 is 6.10 Å². The monoisotopic (exact) mass is 244 g/mol. The highest BCUT2D eigenvalue weighted by molar-refractivity contribution is 7.99. The molecule has 0 bridgehead atoms. The summed E-state index contributed by atoms with van der Waals surface area (Å²) in [5, 5.41) is 18.4. The maximum absolute atomic E-state index is 11.3. The summed E-state index contributed by atoms with van der Waals surface area (Å²) in [6, 6.07) is 1.39. The number of aromatic amines is 1. The molecule has 1 unspecified atom stereocenters. The Morgan fingerprint density at radius 3 is 2.81 bits per heavy atom. The number of aliphatic hydroxyl groups is 2. The predicted molar refractivity (Wildman–Crippen MR) is 62.8 cm³/mol. The van der Waals surface area contributed by atoms with Crippen molar-refractivity contribution in [3.63, 3.8) is 0 Å². The average Bonchev–Trinajstić information content (AvgIpc) is 2.25. The minimum atomic E-state index is -0.784. The molecule has 0 aliphatic carbocycles. The minimum Gasteiger partial charge on any atom is -0.394 e. The van der Waals surface area contributed by atoms with E-state index in [0.717, 1.165) is 0 Å². The molecule has 0 aliphatic rings. The summed E-state index contributed by atoms with van der Waals surface area (Å²) in [6.07, 6.45) is -0.784. The van der Waals surface area contributed by atoms with E-state index in [2.05, 4.69) is 9.97 Å². The summed E-state index contributed by atoms with van der Waals surface area (Å²) in [5.74, 6) is 1.11. The zero-order valence-corrected chi connectivity index (χ0v) is 10.1. The van der Waals surface area contributed by atoms with Gasteiger partial charge in [-0.15, -0.1) is 11.8 Å². The van der Waals surface area contributed by atoms with Crippen LogP contribution in [-0.2, 0) is 0 Å². The molecule has 0 saturated heterocycles. The fourth-order valence-electron chi connectivity index (χ4n) is 1.04. The van der Waals surface area contributed by atoms with Crippen molar-refractivity contribution in [1.29, 1.82) is 0 Å². The lowest BCUT2D eigenvalue weighted by Gasteiger charge is -2.08. The van der Waals surface area contributed by atoms with E-state index in [1.54, 1.807) is 0 Å². The molecular weight excluding hydrogens is 228 g/mol. The maximum atomic E-state index is 11.3.